The molecule has 0 aliphatic carbocycles. The molecule has 0 spiro atoms. The number of aliphatic hydroxyl groups is 1. The van der Waals surface area contributed by atoms with Crippen molar-refractivity contribution in [3.05, 3.63) is 69.5 Å². The van der Waals surface area contributed by atoms with E-state index in [1.807, 2.05) is 32.0 Å². The second kappa shape index (κ2) is 5.72. The normalized spacial score (nSPS) is 12.5. The van der Waals surface area contributed by atoms with E-state index in [2.05, 4.69) is 0 Å². The predicted molar refractivity (Wildman–Crippen MR) is 76.0 cm³/mol. The molecule has 1 atom stereocenters. The lowest BCUT2D eigenvalue weighted by Gasteiger charge is -2.13. The van der Waals surface area contributed by atoms with E-state index in [4.69, 9.17) is 11.6 Å². The van der Waals surface area contributed by atoms with E-state index < -0.39 is 6.10 Å². The third-order valence-corrected chi connectivity index (χ3v) is 3.28. The quantitative estimate of drug-likeness (QED) is 0.884. The molecule has 1 nitrogen and oxygen atoms in total. The smallest absolute Gasteiger partial charge is 0.126 e. The van der Waals surface area contributed by atoms with Crippen LogP contribution in [0.5, 0.6) is 0 Å². The van der Waals surface area contributed by atoms with Crippen LogP contribution in [-0.4, -0.2) is 5.11 Å². The Morgan fingerprint density at radius 1 is 1.11 bits per heavy atom. The molecule has 2 aromatic rings. The highest BCUT2D eigenvalue weighted by Crippen LogP contribution is 2.24. The van der Waals surface area contributed by atoms with Gasteiger partial charge in [-0.1, -0.05) is 40.9 Å². The lowest BCUT2D eigenvalue weighted by Crippen LogP contribution is -2.04. The zero-order valence-corrected chi connectivity index (χ0v) is 11.7. The second-order valence-electron chi connectivity index (χ2n) is 4.88. The summed E-state index contributed by atoms with van der Waals surface area (Å²) in [5.74, 6) is -0.340. The summed E-state index contributed by atoms with van der Waals surface area (Å²) in [5, 5.41) is 10.7. The number of aliphatic hydroxyl groups excluding tert-OH is 1. The highest BCUT2D eigenvalue weighted by Gasteiger charge is 2.13. The Kier molecular flexibility index (Phi) is 4.23. The molecule has 0 aromatic heterocycles. The average molecular weight is 279 g/mol. The molecule has 0 bridgehead atoms. The molecule has 3 heteroatoms. The topological polar surface area (TPSA) is 20.2 Å². The number of hydrogen-bond acceptors (Lipinski definition) is 1. The monoisotopic (exact) mass is 278 g/mol. The lowest BCUT2D eigenvalue weighted by molar-refractivity contribution is 0.177. The van der Waals surface area contributed by atoms with Crippen LogP contribution in [0.1, 0.15) is 28.4 Å². The largest absolute Gasteiger partial charge is 0.388 e. The summed E-state index contributed by atoms with van der Waals surface area (Å²) >= 11 is 5.85. The molecular weight excluding hydrogens is 263 g/mol. The van der Waals surface area contributed by atoms with Crippen molar-refractivity contribution in [2.45, 2.75) is 26.4 Å². The molecule has 1 N–H and O–H groups in total. The van der Waals surface area contributed by atoms with Gasteiger partial charge < -0.3 is 5.11 Å². The Labute approximate surface area is 117 Å². The van der Waals surface area contributed by atoms with Crippen molar-refractivity contribution >= 4 is 11.6 Å². The van der Waals surface area contributed by atoms with Gasteiger partial charge >= 0.3 is 0 Å². The van der Waals surface area contributed by atoms with E-state index in [1.165, 1.54) is 12.1 Å². The molecule has 0 radical (unpaired) electrons. The fraction of sp³-hybridized carbons (Fsp3) is 0.250. The first-order chi connectivity index (χ1) is 8.95. The summed E-state index contributed by atoms with van der Waals surface area (Å²) in [6.45, 7) is 3.95. The highest BCUT2D eigenvalue weighted by atomic mass is 35.5. The van der Waals surface area contributed by atoms with Gasteiger partial charge in [0.05, 0.1) is 6.10 Å². The van der Waals surface area contributed by atoms with Gasteiger partial charge in [0, 0.05) is 11.4 Å². The number of aryl methyl sites for hydroxylation is 2. The van der Waals surface area contributed by atoms with Gasteiger partial charge in [0.25, 0.3) is 0 Å². The first kappa shape index (κ1) is 14.0. The van der Waals surface area contributed by atoms with Crippen molar-refractivity contribution < 1.29 is 9.50 Å². The Hall–Kier alpha value is -1.38. The molecule has 2 rings (SSSR count). The van der Waals surface area contributed by atoms with E-state index in [9.17, 15) is 9.50 Å². The molecule has 0 aliphatic heterocycles. The number of benzene rings is 2. The fourth-order valence-corrected chi connectivity index (χ4v) is 2.42. The zero-order chi connectivity index (χ0) is 14.0. The summed E-state index contributed by atoms with van der Waals surface area (Å²) in [5.41, 5.74) is 3.40. The van der Waals surface area contributed by atoms with E-state index in [0.29, 0.717) is 10.6 Å². The molecule has 1 unspecified atom stereocenters. The minimum Gasteiger partial charge on any atom is -0.388 e. The Bertz CT molecular complexity index is 575. The SMILES string of the molecule is Cc1cc(C)cc(C(O)Cc2cc(Cl)ccc2F)c1. The summed E-state index contributed by atoms with van der Waals surface area (Å²) < 4.78 is 13.6. The van der Waals surface area contributed by atoms with Crippen molar-refractivity contribution in [1.82, 2.24) is 0 Å². The first-order valence-electron chi connectivity index (χ1n) is 6.16. The minimum atomic E-state index is -0.730. The third-order valence-electron chi connectivity index (χ3n) is 3.05. The zero-order valence-electron chi connectivity index (χ0n) is 11.0. The summed E-state index contributed by atoms with van der Waals surface area (Å²) in [6.07, 6.45) is -0.512. The third kappa shape index (κ3) is 3.55. The van der Waals surface area contributed by atoms with Gasteiger partial charge in [0.2, 0.25) is 0 Å². The molecule has 0 saturated carbocycles. The molecule has 100 valence electrons. The van der Waals surface area contributed by atoms with Crippen LogP contribution >= 0.6 is 11.6 Å². The van der Waals surface area contributed by atoms with Gasteiger partial charge in [-0.3, -0.25) is 0 Å². The summed E-state index contributed by atoms with van der Waals surface area (Å²) in [7, 11) is 0. The van der Waals surface area contributed by atoms with Crippen LogP contribution in [-0.2, 0) is 6.42 Å². The van der Waals surface area contributed by atoms with E-state index in [0.717, 1.165) is 16.7 Å². The predicted octanol–water partition coefficient (Wildman–Crippen LogP) is 4.37. The minimum absolute atomic E-state index is 0.218. The number of hydrogen-bond donors (Lipinski definition) is 1. The van der Waals surface area contributed by atoms with Crippen molar-refractivity contribution in [1.29, 1.82) is 0 Å². The van der Waals surface area contributed by atoms with Crippen molar-refractivity contribution in [2.24, 2.45) is 0 Å². The van der Waals surface area contributed by atoms with Crippen LogP contribution in [0.25, 0.3) is 0 Å². The van der Waals surface area contributed by atoms with Gasteiger partial charge in [-0.2, -0.15) is 0 Å². The van der Waals surface area contributed by atoms with E-state index >= 15 is 0 Å². The van der Waals surface area contributed by atoms with Crippen LogP contribution in [0, 0.1) is 19.7 Å². The standard InChI is InChI=1S/C16H16ClFO/c1-10-5-11(2)7-13(6-10)16(19)9-12-8-14(17)3-4-15(12)18/h3-8,16,19H,9H2,1-2H3. The molecule has 0 aliphatic rings. The highest BCUT2D eigenvalue weighted by molar-refractivity contribution is 6.30. The maximum atomic E-state index is 13.6. The van der Waals surface area contributed by atoms with E-state index in [1.54, 1.807) is 6.07 Å². The molecule has 0 saturated heterocycles. The lowest BCUT2D eigenvalue weighted by atomic mass is 9.98. The molecular formula is C16H16ClFO. The average Bonchev–Trinajstić information content (AvgIpc) is 2.32. The fourth-order valence-electron chi connectivity index (χ4n) is 2.23. The Morgan fingerprint density at radius 2 is 1.74 bits per heavy atom. The molecule has 2 aromatic carbocycles. The molecule has 0 heterocycles. The van der Waals surface area contributed by atoms with Crippen LogP contribution in [0.15, 0.2) is 36.4 Å². The van der Waals surface area contributed by atoms with Crippen molar-refractivity contribution in [3.63, 3.8) is 0 Å². The van der Waals surface area contributed by atoms with E-state index in [-0.39, 0.29) is 12.2 Å². The van der Waals surface area contributed by atoms with Crippen LogP contribution < -0.4 is 0 Å². The summed E-state index contributed by atoms with van der Waals surface area (Å²) in [4.78, 5) is 0. The van der Waals surface area contributed by atoms with Crippen LogP contribution in [0.2, 0.25) is 5.02 Å². The summed E-state index contributed by atoms with van der Waals surface area (Å²) in [6, 6.07) is 10.3. The maximum absolute atomic E-state index is 13.6. The number of rotatable bonds is 3. The van der Waals surface area contributed by atoms with Gasteiger partial charge in [0.15, 0.2) is 0 Å². The Morgan fingerprint density at radius 3 is 2.37 bits per heavy atom. The van der Waals surface area contributed by atoms with Gasteiger partial charge in [-0.25, -0.2) is 4.39 Å². The van der Waals surface area contributed by atoms with Crippen molar-refractivity contribution in [2.75, 3.05) is 0 Å². The first-order valence-corrected chi connectivity index (χ1v) is 6.53. The van der Waals surface area contributed by atoms with Crippen LogP contribution in [0.3, 0.4) is 0 Å². The molecule has 0 amide bonds. The molecule has 19 heavy (non-hydrogen) atoms. The Balaban J connectivity index is 2.25. The second-order valence-corrected chi connectivity index (χ2v) is 5.31. The van der Waals surface area contributed by atoms with Gasteiger partial charge in [0.1, 0.15) is 5.82 Å². The number of halogens is 2. The van der Waals surface area contributed by atoms with Crippen molar-refractivity contribution in [3.8, 4) is 0 Å². The van der Waals surface area contributed by atoms with Gasteiger partial charge in [-0.15, -0.1) is 0 Å². The molecule has 0 fully saturated rings. The van der Waals surface area contributed by atoms with Crippen LogP contribution in [0.4, 0.5) is 4.39 Å². The maximum Gasteiger partial charge on any atom is 0.126 e. The van der Waals surface area contributed by atoms with Gasteiger partial charge in [-0.05, 0) is 43.2 Å².